The van der Waals surface area contributed by atoms with Gasteiger partial charge in [-0.25, -0.2) is 9.97 Å². The molecule has 10 heteroatoms. The molecule has 2 aromatic rings. The largest absolute Gasteiger partial charge is 0.392 e. The van der Waals surface area contributed by atoms with Crippen LogP contribution >= 0.6 is 34.5 Å². The highest BCUT2D eigenvalue weighted by Gasteiger charge is 2.23. The average Bonchev–Trinajstić information content (AvgIpc) is 2.82. The lowest BCUT2D eigenvalue weighted by Crippen LogP contribution is -2.31. The molecular weight excluding hydrogens is 351 g/mol. The summed E-state index contributed by atoms with van der Waals surface area (Å²) in [6.45, 7) is 2.02. The lowest BCUT2D eigenvalue weighted by atomic mass is 10.3. The van der Waals surface area contributed by atoms with E-state index < -0.39 is 11.0 Å². The Morgan fingerprint density at radius 2 is 2.23 bits per heavy atom. The molecule has 2 rings (SSSR count). The van der Waals surface area contributed by atoms with Gasteiger partial charge in [0, 0.05) is 23.7 Å². The van der Waals surface area contributed by atoms with Crippen LogP contribution in [0.25, 0.3) is 0 Å². The fourth-order valence-corrected chi connectivity index (χ4v) is 3.02. The van der Waals surface area contributed by atoms with Crippen molar-refractivity contribution in [3.63, 3.8) is 0 Å². The van der Waals surface area contributed by atoms with Gasteiger partial charge in [0.25, 0.3) is 0 Å². The number of hydrogen-bond donors (Lipinski definition) is 1. The normalized spacial score (nSPS) is 12.2. The van der Waals surface area contributed by atoms with Crippen LogP contribution in [-0.2, 0) is 6.54 Å². The molecule has 1 unspecified atom stereocenters. The zero-order chi connectivity index (χ0) is 16.3. The number of hydrogen-bond acceptors (Lipinski definition) is 7. The fourth-order valence-electron chi connectivity index (χ4n) is 1.88. The van der Waals surface area contributed by atoms with Crippen molar-refractivity contribution in [2.24, 2.45) is 0 Å². The van der Waals surface area contributed by atoms with Crippen molar-refractivity contribution in [1.29, 1.82) is 0 Å². The molecule has 118 valence electrons. The number of aliphatic hydroxyl groups excluding tert-OH is 1. The Kier molecular flexibility index (Phi) is 5.52. The van der Waals surface area contributed by atoms with Crippen molar-refractivity contribution in [3.05, 3.63) is 42.9 Å². The number of rotatable bonds is 6. The minimum absolute atomic E-state index is 0.0999. The van der Waals surface area contributed by atoms with E-state index >= 15 is 0 Å². The van der Waals surface area contributed by atoms with E-state index in [4.69, 9.17) is 23.2 Å². The number of nitro groups is 1. The van der Waals surface area contributed by atoms with E-state index in [0.29, 0.717) is 4.47 Å². The quantitative estimate of drug-likeness (QED) is 0.482. The maximum absolute atomic E-state index is 11.2. The van der Waals surface area contributed by atoms with Gasteiger partial charge in [-0.3, -0.25) is 10.1 Å². The van der Waals surface area contributed by atoms with Crippen LogP contribution in [0.3, 0.4) is 0 Å². The number of aliphatic hydroxyl groups is 1. The smallest absolute Gasteiger partial charge is 0.311 e. The van der Waals surface area contributed by atoms with E-state index in [1.807, 2.05) is 0 Å². The number of nitrogens with zero attached hydrogens (tertiary/aromatic N) is 4. The summed E-state index contributed by atoms with van der Waals surface area (Å²) in [4.78, 5) is 21.0. The second-order valence-electron chi connectivity index (χ2n) is 4.54. The number of pyridine rings is 1. The molecule has 0 aliphatic rings. The van der Waals surface area contributed by atoms with Crippen LogP contribution < -0.4 is 4.90 Å². The highest BCUT2D eigenvalue weighted by molar-refractivity contribution is 7.15. The Labute approximate surface area is 140 Å². The maximum atomic E-state index is 11.2. The summed E-state index contributed by atoms with van der Waals surface area (Å²) >= 11 is 12.9. The Hall–Kier alpha value is -1.48. The molecule has 2 heterocycles. The highest BCUT2D eigenvalue weighted by atomic mass is 35.5. The van der Waals surface area contributed by atoms with Crippen LogP contribution in [0.2, 0.25) is 9.62 Å². The second kappa shape index (κ2) is 7.19. The van der Waals surface area contributed by atoms with Gasteiger partial charge in [-0.05, 0) is 13.0 Å². The third kappa shape index (κ3) is 4.26. The Bertz CT molecular complexity index is 680. The van der Waals surface area contributed by atoms with E-state index in [1.54, 1.807) is 18.0 Å². The number of halogens is 2. The SMILES string of the molecule is CC(O)CN(Cc1cnc(Cl)s1)c1nc(Cl)ccc1[N+](=O)[O-]. The van der Waals surface area contributed by atoms with Crippen LogP contribution in [0.5, 0.6) is 0 Å². The third-order valence-electron chi connectivity index (χ3n) is 2.67. The first-order valence-corrected chi connectivity index (χ1v) is 7.78. The molecule has 7 nitrogen and oxygen atoms in total. The topological polar surface area (TPSA) is 92.4 Å². The molecule has 0 fully saturated rings. The predicted molar refractivity (Wildman–Crippen MR) is 85.8 cm³/mol. The number of aromatic nitrogens is 2. The maximum Gasteiger partial charge on any atom is 0.311 e. The molecular formula is C12H12Cl2N4O3S. The Morgan fingerprint density at radius 1 is 1.50 bits per heavy atom. The zero-order valence-corrected chi connectivity index (χ0v) is 13.8. The van der Waals surface area contributed by atoms with E-state index in [1.165, 1.54) is 23.5 Å². The van der Waals surface area contributed by atoms with Crippen LogP contribution in [0, 0.1) is 10.1 Å². The summed E-state index contributed by atoms with van der Waals surface area (Å²) in [5.41, 5.74) is -0.180. The molecule has 0 saturated heterocycles. The molecule has 0 aliphatic heterocycles. The van der Waals surface area contributed by atoms with Crippen molar-refractivity contribution >= 4 is 46.0 Å². The van der Waals surface area contributed by atoms with E-state index in [9.17, 15) is 15.2 Å². The molecule has 1 N–H and O–H groups in total. The monoisotopic (exact) mass is 362 g/mol. The molecule has 0 aromatic carbocycles. The first kappa shape index (κ1) is 16.9. The van der Waals surface area contributed by atoms with Gasteiger partial charge in [-0.15, -0.1) is 11.3 Å². The minimum Gasteiger partial charge on any atom is -0.392 e. The fraction of sp³-hybridized carbons (Fsp3) is 0.333. The summed E-state index contributed by atoms with van der Waals surface area (Å²) in [5, 5.41) is 21.0. The first-order valence-electron chi connectivity index (χ1n) is 6.21. The minimum atomic E-state index is -0.705. The predicted octanol–water partition coefficient (Wildman–Crippen LogP) is 3.14. The van der Waals surface area contributed by atoms with Crippen molar-refractivity contribution in [1.82, 2.24) is 9.97 Å². The molecule has 1 atom stereocenters. The number of thiazole rings is 1. The van der Waals surface area contributed by atoms with Crippen LogP contribution in [0.4, 0.5) is 11.5 Å². The van der Waals surface area contributed by atoms with Gasteiger partial charge in [0.2, 0.25) is 5.82 Å². The first-order chi connectivity index (χ1) is 10.4. The van der Waals surface area contributed by atoms with Crippen LogP contribution in [0.15, 0.2) is 18.3 Å². The van der Waals surface area contributed by atoms with Crippen molar-refractivity contribution in [3.8, 4) is 0 Å². The van der Waals surface area contributed by atoms with Crippen molar-refractivity contribution in [2.75, 3.05) is 11.4 Å². The van der Waals surface area contributed by atoms with Gasteiger partial charge in [0.1, 0.15) is 5.15 Å². The molecule has 2 aromatic heterocycles. The average molecular weight is 363 g/mol. The molecule has 0 amide bonds. The van der Waals surface area contributed by atoms with Crippen LogP contribution in [0.1, 0.15) is 11.8 Å². The summed E-state index contributed by atoms with van der Waals surface area (Å²) < 4.78 is 0.376. The molecule has 22 heavy (non-hydrogen) atoms. The van der Waals surface area contributed by atoms with Gasteiger partial charge in [-0.1, -0.05) is 23.2 Å². The molecule has 0 radical (unpaired) electrons. The van der Waals surface area contributed by atoms with Crippen molar-refractivity contribution < 1.29 is 10.0 Å². The van der Waals surface area contributed by atoms with E-state index in [0.717, 1.165) is 4.88 Å². The molecule has 0 bridgehead atoms. The molecule has 0 aliphatic carbocycles. The lowest BCUT2D eigenvalue weighted by Gasteiger charge is -2.24. The van der Waals surface area contributed by atoms with Gasteiger partial charge in [0.05, 0.1) is 17.6 Å². The highest BCUT2D eigenvalue weighted by Crippen LogP contribution is 2.30. The molecule has 0 saturated carbocycles. The summed E-state index contributed by atoms with van der Waals surface area (Å²) in [6.07, 6.45) is 0.877. The van der Waals surface area contributed by atoms with Crippen molar-refractivity contribution in [2.45, 2.75) is 19.6 Å². The van der Waals surface area contributed by atoms with Gasteiger partial charge in [-0.2, -0.15) is 0 Å². The second-order valence-corrected chi connectivity index (χ2v) is 6.63. The Morgan fingerprint density at radius 3 is 2.77 bits per heavy atom. The van der Waals surface area contributed by atoms with Gasteiger partial charge < -0.3 is 10.0 Å². The number of anilines is 1. The van der Waals surface area contributed by atoms with E-state index in [-0.39, 0.29) is 29.7 Å². The Balaban J connectivity index is 2.40. The summed E-state index contributed by atoms with van der Waals surface area (Å²) in [7, 11) is 0. The summed E-state index contributed by atoms with van der Waals surface area (Å²) in [5.74, 6) is 0.0999. The standard InChI is InChI=1S/C12H12Cl2N4O3S/c1-7(19)5-17(6-8-4-15-12(14)22-8)11-9(18(20)21)2-3-10(13)16-11/h2-4,7,19H,5-6H2,1H3. The zero-order valence-electron chi connectivity index (χ0n) is 11.4. The lowest BCUT2D eigenvalue weighted by molar-refractivity contribution is -0.384. The van der Waals surface area contributed by atoms with Gasteiger partial charge >= 0.3 is 5.69 Å². The summed E-state index contributed by atoms with van der Waals surface area (Å²) in [6, 6.07) is 2.65. The van der Waals surface area contributed by atoms with Gasteiger partial charge in [0.15, 0.2) is 4.47 Å². The third-order valence-corrected chi connectivity index (χ3v) is 3.98. The molecule has 0 spiro atoms. The van der Waals surface area contributed by atoms with E-state index in [2.05, 4.69) is 9.97 Å². The van der Waals surface area contributed by atoms with Crippen LogP contribution in [-0.4, -0.2) is 32.6 Å².